The third-order valence-electron chi connectivity index (χ3n) is 4.44. The topological polar surface area (TPSA) is 77.3 Å². The molecule has 138 valence electrons. The van der Waals surface area contributed by atoms with E-state index in [0.29, 0.717) is 11.6 Å². The smallest absolute Gasteiger partial charge is 0.310 e. The molecule has 1 aliphatic rings. The standard InChI is InChI=1S/C18H21BrN4O3/c1-11(18(25)26-3)10-22(2)17(24)15-16(12-4-5-12)23(21-20-15)14-8-6-13(19)7-9-14/h6-9,11-12H,4-5,10H2,1-3H3. The van der Waals surface area contributed by atoms with Crippen LogP contribution in [0.4, 0.5) is 0 Å². The molecule has 0 spiro atoms. The van der Waals surface area contributed by atoms with Crippen molar-refractivity contribution in [1.29, 1.82) is 0 Å². The van der Waals surface area contributed by atoms with Crippen LogP contribution in [0.3, 0.4) is 0 Å². The van der Waals surface area contributed by atoms with E-state index in [1.807, 2.05) is 24.3 Å². The Kier molecular flexibility index (Phi) is 5.41. The van der Waals surface area contributed by atoms with Gasteiger partial charge in [0.15, 0.2) is 5.69 Å². The van der Waals surface area contributed by atoms with Crippen molar-refractivity contribution in [3.05, 3.63) is 40.1 Å². The maximum Gasteiger partial charge on any atom is 0.310 e. The largest absolute Gasteiger partial charge is 0.469 e. The van der Waals surface area contributed by atoms with Crippen LogP contribution in [-0.4, -0.2) is 52.5 Å². The molecule has 0 N–H and O–H groups in total. The number of benzene rings is 1. The minimum Gasteiger partial charge on any atom is -0.469 e. The molecule has 1 aromatic carbocycles. The Morgan fingerprint density at radius 1 is 1.35 bits per heavy atom. The molecular formula is C18H21BrN4O3. The number of aromatic nitrogens is 3. The Balaban J connectivity index is 1.87. The zero-order valence-electron chi connectivity index (χ0n) is 15.0. The fourth-order valence-corrected chi connectivity index (χ4v) is 3.15. The van der Waals surface area contributed by atoms with E-state index in [0.717, 1.165) is 28.7 Å². The fourth-order valence-electron chi connectivity index (χ4n) is 2.89. The number of hydrogen-bond donors (Lipinski definition) is 0. The van der Waals surface area contributed by atoms with Gasteiger partial charge in [0.05, 0.1) is 24.4 Å². The minimum absolute atomic E-state index is 0.231. The van der Waals surface area contributed by atoms with Crippen LogP contribution < -0.4 is 0 Å². The molecule has 1 saturated carbocycles. The van der Waals surface area contributed by atoms with E-state index in [-0.39, 0.29) is 18.4 Å². The molecule has 3 rings (SSSR count). The van der Waals surface area contributed by atoms with Crippen LogP contribution in [0, 0.1) is 5.92 Å². The van der Waals surface area contributed by atoms with Crippen molar-refractivity contribution in [3.8, 4) is 5.69 Å². The molecule has 1 aliphatic carbocycles. The Morgan fingerprint density at radius 2 is 2.00 bits per heavy atom. The number of methoxy groups -OCH3 is 1. The third kappa shape index (κ3) is 3.80. The molecule has 1 unspecified atom stereocenters. The number of rotatable bonds is 6. The summed E-state index contributed by atoms with van der Waals surface area (Å²) in [5, 5.41) is 8.39. The SMILES string of the molecule is COC(=O)C(C)CN(C)C(=O)c1nnn(-c2ccc(Br)cc2)c1C1CC1. The molecule has 0 aliphatic heterocycles. The highest BCUT2D eigenvalue weighted by molar-refractivity contribution is 9.10. The number of carbonyl (C=O) groups is 2. The molecule has 26 heavy (non-hydrogen) atoms. The first-order chi connectivity index (χ1) is 12.4. The van der Waals surface area contributed by atoms with Crippen LogP contribution in [0.25, 0.3) is 5.69 Å². The van der Waals surface area contributed by atoms with Crippen LogP contribution in [-0.2, 0) is 9.53 Å². The van der Waals surface area contributed by atoms with Crippen molar-refractivity contribution in [2.45, 2.75) is 25.7 Å². The maximum atomic E-state index is 12.9. The summed E-state index contributed by atoms with van der Waals surface area (Å²) in [6, 6.07) is 7.72. The lowest BCUT2D eigenvalue weighted by atomic mass is 10.1. The predicted octanol–water partition coefficient (Wildman–Crippen LogP) is 2.79. The summed E-state index contributed by atoms with van der Waals surface area (Å²) < 4.78 is 7.45. The van der Waals surface area contributed by atoms with Gasteiger partial charge in [0.2, 0.25) is 0 Å². The summed E-state index contributed by atoms with van der Waals surface area (Å²) in [5.41, 5.74) is 2.07. The second-order valence-corrected chi connectivity index (χ2v) is 7.51. The number of esters is 1. The lowest BCUT2D eigenvalue weighted by molar-refractivity contribution is -0.145. The molecule has 0 saturated heterocycles. The number of carbonyl (C=O) groups excluding carboxylic acids is 2. The van der Waals surface area contributed by atoms with Crippen molar-refractivity contribution in [2.75, 3.05) is 20.7 Å². The highest BCUT2D eigenvalue weighted by Gasteiger charge is 2.35. The summed E-state index contributed by atoms with van der Waals surface area (Å²) in [5.74, 6) is -0.685. The molecule has 1 amide bonds. The van der Waals surface area contributed by atoms with Crippen molar-refractivity contribution in [3.63, 3.8) is 0 Å². The Morgan fingerprint density at radius 3 is 2.58 bits per heavy atom. The van der Waals surface area contributed by atoms with Gasteiger partial charge in [-0.1, -0.05) is 28.1 Å². The van der Waals surface area contributed by atoms with E-state index in [1.54, 1.807) is 18.7 Å². The molecule has 7 nitrogen and oxygen atoms in total. The van der Waals surface area contributed by atoms with Crippen molar-refractivity contribution < 1.29 is 14.3 Å². The number of nitrogens with zero attached hydrogens (tertiary/aromatic N) is 4. The fraction of sp³-hybridized carbons (Fsp3) is 0.444. The molecule has 0 bridgehead atoms. The highest BCUT2D eigenvalue weighted by atomic mass is 79.9. The van der Waals surface area contributed by atoms with Crippen LogP contribution in [0.5, 0.6) is 0 Å². The monoisotopic (exact) mass is 420 g/mol. The first-order valence-corrected chi connectivity index (χ1v) is 9.26. The molecule has 1 heterocycles. The van der Waals surface area contributed by atoms with E-state index in [1.165, 1.54) is 12.0 Å². The maximum absolute atomic E-state index is 12.9. The molecule has 8 heteroatoms. The quantitative estimate of drug-likeness (QED) is 0.671. The lowest BCUT2D eigenvalue weighted by Crippen LogP contribution is -2.34. The second-order valence-electron chi connectivity index (χ2n) is 6.60. The number of hydrogen-bond acceptors (Lipinski definition) is 5. The van der Waals surface area contributed by atoms with Gasteiger partial charge in [0, 0.05) is 24.0 Å². The Bertz CT molecular complexity index is 814. The molecular weight excluding hydrogens is 400 g/mol. The van der Waals surface area contributed by atoms with Crippen LogP contribution in [0.2, 0.25) is 0 Å². The van der Waals surface area contributed by atoms with E-state index in [9.17, 15) is 9.59 Å². The molecule has 1 aromatic heterocycles. The Hall–Kier alpha value is -2.22. The van der Waals surface area contributed by atoms with Gasteiger partial charge in [0.1, 0.15) is 0 Å². The normalized spacial score (nSPS) is 14.8. The third-order valence-corrected chi connectivity index (χ3v) is 4.97. The molecule has 1 fully saturated rings. The molecule has 1 atom stereocenters. The van der Waals surface area contributed by atoms with Crippen molar-refractivity contribution in [1.82, 2.24) is 19.9 Å². The van der Waals surface area contributed by atoms with Gasteiger partial charge < -0.3 is 9.64 Å². The summed E-state index contributed by atoms with van der Waals surface area (Å²) in [4.78, 5) is 26.0. The van der Waals surface area contributed by atoms with E-state index in [2.05, 4.69) is 26.2 Å². The van der Waals surface area contributed by atoms with Gasteiger partial charge in [-0.3, -0.25) is 9.59 Å². The highest BCUT2D eigenvalue weighted by Crippen LogP contribution is 2.42. The van der Waals surface area contributed by atoms with E-state index >= 15 is 0 Å². The van der Waals surface area contributed by atoms with Gasteiger partial charge in [-0.05, 0) is 37.1 Å². The number of amides is 1. The van der Waals surface area contributed by atoms with Gasteiger partial charge in [0.25, 0.3) is 5.91 Å². The summed E-state index contributed by atoms with van der Waals surface area (Å²) >= 11 is 3.42. The predicted molar refractivity (Wildman–Crippen MR) is 99.2 cm³/mol. The van der Waals surface area contributed by atoms with Gasteiger partial charge in [-0.15, -0.1) is 5.10 Å². The Labute approximate surface area is 160 Å². The summed E-state index contributed by atoms with van der Waals surface area (Å²) in [6.45, 7) is 2.00. The lowest BCUT2D eigenvalue weighted by Gasteiger charge is -2.19. The zero-order valence-corrected chi connectivity index (χ0v) is 16.6. The summed E-state index contributed by atoms with van der Waals surface area (Å²) in [7, 11) is 3.01. The van der Waals surface area contributed by atoms with Crippen LogP contribution in [0.15, 0.2) is 28.7 Å². The number of ether oxygens (including phenoxy) is 1. The summed E-state index contributed by atoms with van der Waals surface area (Å²) in [6.07, 6.45) is 2.04. The van der Waals surface area contributed by atoms with Gasteiger partial charge >= 0.3 is 5.97 Å². The first-order valence-electron chi connectivity index (χ1n) is 8.47. The first kappa shape index (κ1) is 18.6. The minimum atomic E-state index is -0.403. The van der Waals surface area contributed by atoms with E-state index in [4.69, 9.17) is 4.74 Å². The van der Waals surface area contributed by atoms with E-state index < -0.39 is 5.92 Å². The zero-order chi connectivity index (χ0) is 18.8. The van der Waals surface area contributed by atoms with Gasteiger partial charge in [-0.25, -0.2) is 4.68 Å². The second kappa shape index (κ2) is 7.57. The average molecular weight is 421 g/mol. The number of halogens is 1. The van der Waals surface area contributed by atoms with Crippen molar-refractivity contribution >= 4 is 27.8 Å². The molecule has 0 radical (unpaired) electrons. The van der Waals surface area contributed by atoms with Crippen molar-refractivity contribution in [2.24, 2.45) is 5.92 Å². The molecule has 2 aromatic rings. The van der Waals surface area contributed by atoms with Crippen LogP contribution in [0.1, 0.15) is 41.9 Å². The average Bonchev–Trinajstić information content (AvgIpc) is 3.39. The van der Waals surface area contributed by atoms with Crippen LogP contribution >= 0.6 is 15.9 Å². The van der Waals surface area contributed by atoms with Gasteiger partial charge in [-0.2, -0.15) is 0 Å².